The fourth-order valence-electron chi connectivity index (χ4n) is 6.60. The minimum Gasteiger partial charge on any atom is -0.481 e. The molecule has 8 heteroatoms. The van der Waals surface area contributed by atoms with Crippen molar-refractivity contribution in [1.82, 2.24) is 25.0 Å². The van der Waals surface area contributed by atoms with Crippen LogP contribution >= 0.6 is 0 Å². The number of rotatable bonds is 9. The Morgan fingerprint density at radius 3 is 2.45 bits per heavy atom. The lowest BCUT2D eigenvalue weighted by Gasteiger charge is -2.51. The summed E-state index contributed by atoms with van der Waals surface area (Å²) < 4.78 is 5.18. The molecule has 1 aromatic carbocycles. The second-order valence-electron chi connectivity index (χ2n) is 11.5. The average molecular weight is 520 g/mol. The van der Waals surface area contributed by atoms with Gasteiger partial charge < -0.3 is 19.9 Å². The van der Waals surface area contributed by atoms with Crippen LogP contribution in [-0.2, 0) is 16.9 Å². The van der Waals surface area contributed by atoms with Gasteiger partial charge in [0.05, 0.1) is 24.9 Å². The molecule has 0 bridgehead atoms. The number of hydrogen-bond donors (Lipinski definition) is 1. The number of benzene rings is 1. The lowest BCUT2D eigenvalue weighted by Crippen LogP contribution is -2.56. The van der Waals surface area contributed by atoms with Crippen LogP contribution in [0.25, 0.3) is 0 Å². The van der Waals surface area contributed by atoms with Crippen molar-refractivity contribution in [1.29, 1.82) is 0 Å². The van der Waals surface area contributed by atoms with Crippen molar-refractivity contribution >= 4 is 11.9 Å². The highest BCUT2D eigenvalue weighted by Gasteiger charge is 2.55. The normalized spacial score (nSPS) is 25.6. The molecule has 1 saturated heterocycles. The zero-order valence-corrected chi connectivity index (χ0v) is 23.0. The molecule has 3 fully saturated rings. The molecule has 2 aliphatic carbocycles. The lowest BCUT2D eigenvalue weighted by atomic mass is 9.68. The van der Waals surface area contributed by atoms with E-state index in [1.54, 1.807) is 18.1 Å². The standard InChI is InChI=1S/C30H41N5O3/c1-33(2)30(24-11-5-4-6-12-24)17-15-29(16-18-30)22-34(28(37)35(29)20-23-9-7-10-23)21-26(36)31-19-25-13-8-14-27(32-25)38-3/h4-6,8,11-14,23H,7,9-10,15-22H2,1-3H3,(H,31,36). The molecule has 3 aliphatic rings. The highest BCUT2D eigenvalue weighted by molar-refractivity contribution is 5.86. The smallest absolute Gasteiger partial charge is 0.321 e. The van der Waals surface area contributed by atoms with Crippen molar-refractivity contribution in [3.8, 4) is 5.88 Å². The van der Waals surface area contributed by atoms with Gasteiger partial charge in [0.15, 0.2) is 0 Å². The third kappa shape index (κ3) is 5.10. The van der Waals surface area contributed by atoms with Crippen LogP contribution in [0.2, 0.25) is 0 Å². The Labute approximate surface area is 226 Å². The predicted octanol–water partition coefficient (Wildman–Crippen LogP) is 4.01. The van der Waals surface area contributed by atoms with Gasteiger partial charge in [-0.25, -0.2) is 9.78 Å². The van der Waals surface area contributed by atoms with Crippen molar-refractivity contribution < 1.29 is 14.3 Å². The molecule has 1 aliphatic heterocycles. The third-order valence-corrected chi connectivity index (χ3v) is 9.19. The Kier molecular flexibility index (Phi) is 7.61. The number of nitrogens with one attached hydrogen (secondary N) is 1. The first-order valence-corrected chi connectivity index (χ1v) is 13.9. The lowest BCUT2D eigenvalue weighted by molar-refractivity contribution is -0.121. The number of amides is 3. The van der Waals surface area contributed by atoms with Crippen LogP contribution in [0.4, 0.5) is 4.79 Å². The van der Waals surface area contributed by atoms with Crippen LogP contribution in [-0.4, -0.2) is 78.0 Å². The van der Waals surface area contributed by atoms with Crippen molar-refractivity contribution in [2.24, 2.45) is 5.92 Å². The number of urea groups is 1. The molecule has 2 aromatic rings. The maximum atomic E-state index is 13.7. The van der Waals surface area contributed by atoms with E-state index in [-0.39, 0.29) is 29.6 Å². The van der Waals surface area contributed by atoms with E-state index >= 15 is 0 Å². The topological polar surface area (TPSA) is 78.0 Å². The van der Waals surface area contributed by atoms with Crippen LogP contribution in [0.3, 0.4) is 0 Å². The van der Waals surface area contributed by atoms with Crippen LogP contribution in [0, 0.1) is 5.92 Å². The highest BCUT2D eigenvalue weighted by Crippen LogP contribution is 2.49. The Hall–Kier alpha value is -3.13. The summed E-state index contributed by atoms with van der Waals surface area (Å²) >= 11 is 0. The first kappa shape index (κ1) is 26.5. The van der Waals surface area contributed by atoms with Crippen molar-refractivity contribution in [3.63, 3.8) is 0 Å². The van der Waals surface area contributed by atoms with Crippen LogP contribution < -0.4 is 10.1 Å². The van der Waals surface area contributed by atoms with Gasteiger partial charge in [0, 0.05) is 24.7 Å². The fraction of sp³-hybridized carbons (Fsp3) is 0.567. The summed E-state index contributed by atoms with van der Waals surface area (Å²) in [5.74, 6) is 0.936. The van der Waals surface area contributed by atoms with Gasteiger partial charge in [-0.15, -0.1) is 0 Å². The van der Waals surface area contributed by atoms with Gasteiger partial charge in [-0.2, -0.15) is 0 Å². The average Bonchev–Trinajstić information content (AvgIpc) is 3.15. The molecule has 0 unspecified atom stereocenters. The molecule has 2 saturated carbocycles. The summed E-state index contributed by atoms with van der Waals surface area (Å²) in [5.41, 5.74) is 1.82. The Morgan fingerprint density at radius 1 is 1.08 bits per heavy atom. The maximum absolute atomic E-state index is 13.7. The number of methoxy groups -OCH3 is 1. The minimum absolute atomic E-state index is 0.0172. The van der Waals surface area contributed by atoms with E-state index in [0.29, 0.717) is 24.9 Å². The minimum atomic E-state index is -0.213. The second-order valence-corrected chi connectivity index (χ2v) is 11.5. The molecule has 2 heterocycles. The molecule has 204 valence electrons. The third-order valence-electron chi connectivity index (χ3n) is 9.19. The molecule has 1 N–H and O–H groups in total. The van der Waals surface area contributed by atoms with Gasteiger partial charge in [0.2, 0.25) is 11.8 Å². The van der Waals surface area contributed by atoms with E-state index in [4.69, 9.17) is 4.74 Å². The first-order chi connectivity index (χ1) is 18.3. The molecule has 0 radical (unpaired) electrons. The van der Waals surface area contributed by atoms with Crippen molar-refractivity contribution in [2.75, 3.05) is 40.8 Å². The monoisotopic (exact) mass is 519 g/mol. The van der Waals surface area contributed by atoms with Crippen LogP contribution in [0.5, 0.6) is 5.88 Å². The molecule has 5 rings (SSSR count). The SMILES string of the molecule is COc1cccc(CNC(=O)CN2CC3(CCC(c4ccccc4)(N(C)C)CC3)N(CC3CCC3)C2=O)n1. The largest absolute Gasteiger partial charge is 0.481 e. The highest BCUT2D eigenvalue weighted by atomic mass is 16.5. The molecule has 38 heavy (non-hydrogen) atoms. The second kappa shape index (κ2) is 10.9. The fourth-order valence-corrected chi connectivity index (χ4v) is 6.60. The van der Waals surface area contributed by atoms with E-state index in [2.05, 4.69) is 64.5 Å². The quantitative estimate of drug-likeness (QED) is 0.542. The van der Waals surface area contributed by atoms with Gasteiger partial charge in [-0.1, -0.05) is 42.8 Å². The van der Waals surface area contributed by atoms with E-state index in [9.17, 15) is 9.59 Å². The van der Waals surface area contributed by atoms with Crippen LogP contribution in [0.15, 0.2) is 48.5 Å². The molecule has 3 amide bonds. The number of ether oxygens (including phenoxy) is 1. The van der Waals surface area contributed by atoms with E-state index in [0.717, 1.165) is 37.9 Å². The van der Waals surface area contributed by atoms with Crippen molar-refractivity contribution in [2.45, 2.75) is 62.6 Å². The van der Waals surface area contributed by atoms with E-state index < -0.39 is 0 Å². The van der Waals surface area contributed by atoms with Crippen molar-refractivity contribution in [3.05, 3.63) is 59.8 Å². The molecule has 8 nitrogen and oxygen atoms in total. The van der Waals surface area contributed by atoms with Gasteiger partial charge in [-0.05, 0) is 70.2 Å². The number of nitrogens with zero attached hydrogens (tertiary/aromatic N) is 4. The van der Waals surface area contributed by atoms with Gasteiger partial charge >= 0.3 is 6.03 Å². The molecule has 1 aromatic heterocycles. The molecule has 0 atom stereocenters. The Bertz CT molecular complexity index is 1130. The van der Waals surface area contributed by atoms with E-state index in [1.807, 2.05) is 12.1 Å². The maximum Gasteiger partial charge on any atom is 0.321 e. The number of aromatic nitrogens is 1. The Balaban J connectivity index is 1.29. The summed E-state index contributed by atoms with van der Waals surface area (Å²) in [5, 5.41) is 2.94. The molecular weight excluding hydrogens is 478 g/mol. The van der Waals surface area contributed by atoms with Crippen LogP contribution in [0.1, 0.15) is 56.2 Å². The number of carbonyl (C=O) groups is 2. The number of pyridine rings is 1. The summed E-state index contributed by atoms with van der Waals surface area (Å²) in [6.45, 7) is 1.80. The first-order valence-electron chi connectivity index (χ1n) is 13.9. The molecular formula is C30H41N5O3. The predicted molar refractivity (Wildman–Crippen MR) is 147 cm³/mol. The van der Waals surface area contributed by atoms with Gasteiger partial charge in [0.1, 0.15) is 6.54 Å². The number of carbonyl (C=O) groups excluding carboxylic acids is 2. The van der Waals surface area contributed by atoms with Gasteiger partial charge in [-0.3, -0.25) is 9.69 Å². The zero-order valence-electron chi connectivity index (χ0n) is 23.0. The van der Waals surface area contributed by atoms with Gasteiger partial charge in [0.25, 0.3) is 0 Å². The summed E-state index contributed by atoms with van der Waals surface area (Å²) in [4.78, 5) is 37.3. The number of hydrogen-bond acceptors (Lipinski definition) is 5. The summed E-state index contributed by atoms with van der Waals surface area (Å²) in [7, 11) is 5.91. The summed E-state index contributed by atoms with van der Waals surface area (Å²) in [6.07, 6.45) is 7.48. The summed E-state index contributed by atoms with van der Waals surface area (Å²) in [6, 6.07) is 16.3. The Morgan fingerprint density at radius 2 is 1.82 bits per heavy atom. The molecule has 1 spiro atoms. The zero-order chi connectivity index (χ0) is 26.8. The van der Waals surface area contributed by atoms with E-state index in [1.165, 1.54) is 24.8 Å².